The molecule has 2 aromatic rings. The second-order valence-electron chi connectivity index (χ2n) is 3.80. The number of aromatic amines is 1. The number of nitrogens with two attached hydrogens (primary N) is 1. The Bertz CT molecular complexity index is 716. The van der Waals surface area contributed by atoms with E-state index in [1.807, 2.05) is 6.07 Å². The summed E-state index contributed by atoms with van der Waals surface area (Å²) in [7, 11) is -3.72. The Balaban J connectivity index is 2.22. The smallest absolute Gasteiger partial charge is 0.242 e. The molecule has 1 aromatic carbocycles. The van der Waals surface area contributed by atoms with Gasteiger partial charge in [0.1, 0.15) is 4.90 Å². The molecule has 0 unspecified atom stereocenters. The number of hydrogen-bond donors (Lipinski definition) is 3. The van der Waals surface area contributed by atoms with Crippen LogP contribution in [0.2, 0.25) is 0 Å². The number of rotatable bonds is 4. The molecule has 0 saturated carbocycles. The van der Waals surface area contributed by atoms with Gasteiger partial charge in [0.2, 0.25) is 10.0 Å². The highest BCUT2D eigenvalue weighted by atomic mass is 32.2. The van der Waals surface area contributed by atoms with Crippen molar-refractivity contribution in [2.24, 2.45) is 0 Å². The van der Waals surface area contributed by atoms with Crippen molar-refractivity contribution in [3.63, 3.8) is 0 Å². The Hall–Kier alpha value is -2.37. The lowest BCUT2D eigenvalue weighted by Crippen LogP contribution is -2.24. The van der Waals surface area contributed by atoms with Crippen molar-refractivity contribution in [3.05, 3.63) is 41.7 Å². The molecule has 0 amide bonds. The quantitative estimate of drug-likeness (QED) is 0.695. The molecule has 8 heteroatoms. The summed E-state index contributed by atoms with van der Waals surface area (Å²) in [5.41, 5.74) is 6.70. The van der Waals surface area contributed by atoms with Gasteiger partial charge in [-0.1, -0.05) is 0 Å². The van der Waals surface area contributed by atoms with Gasteiger partial charge in [0, 0.05) is 18.3 Å². The zero-order chi connectivity index (χ0) is 13.9. The number of aromatic nitrogens is 2. The minimum atomic E-state index is -3.72. The number of anilines is 1. The molecule has 1 heterocycles. The zero-order valence-corrected chi connectivity index (χ0v) is 10.6. The van der Waals surface area contributed by atoms with Gasteiger partial charge in [-0.25, -0.2) is 13.1 Å². The van der Waals surface area contributed by atoms with Gasteiger partial charge < -0.3 is 5.73 Å². The van der Waals surface area contributed by atoms with E-state index >= 15 is 0 Å². The van der Waals surface area contributed by atoms with Crippen LogP contribution < -0.4 is 10.5 Å². The molecule has 0 radical (unpaired) electrons. The summed E-state index contributed by atoms with van der Waals surface area (Å²) in [5.74, 6) is 0. The molecule has 2 rings (SSSR count). The molecule has 0 spiro atoms. The van der Waals surface area contributed by atoms with Crippen molar-refractivity contribution in [1.82, 2.24) is 14.9 Å². The van der Waals surface area contributed by atoms with Crippen LogP contribution >= 0.6 is 0 Å². The van der Waals surface area contributed by atoms with Crippen LogP contribution in [0.5, 0.6) is 0 Å². The molecule has 1 aromatic heterocycles. The van der Waals surface area contributed by atoms with Gasteiger partial charge in [0.05, 0.1) is 23.5 Å². The maximum Gasteiger partial charge on any atom is 0.242 e. The van der Waals surface area contributed by atoms with Crippen LogP contribution in [0.15, 0.2) is 35.5 Å². The van der Waals surface area contributed by atoms with Gasteiger partial charge in [-0.3, -0.25) is 5.10 Å². The number of nitriles is 1. The van der Waals surface area contributed by atoms with Crippen LogP contribution in [-0.2, 0) is 16.6 Å². The average molecular weight is 277 g/mol. The van der Waals surface area contributed by atoms with Gasteiger partial charge in [-0.2, -0.15) is 10.4 Å². The fourth-order valence-corrected chi connectivity index (χ4v) is 2.62. The number of hydrogen-bond acceptors (Lipinski definition) is 5. The lowest BCUT2D eigenvalue weighted by molar-refractivity contribution is 0.582. The fourth-order valence-electron chi connectivity index (χ4n) is 1.49. The molecule has 0 atom stereocenters. The molecule has 0 aliphatic carbocycles. The minimum Gasteiger partial charge on any atom is -0.398 e. The monoisotopic (exact) mass is 277 g/mol. The topological polar surface area (TPSA) is 125 Å². The van der Waals surface area contributed by atoms with Gasteiger partial charge >= 0.3 is 0 Å². The van der Waals surface area contributed by atoms with E-state index in [1.165, 1.54) is 24.4 Å². The third-order valence-electron chi connectivity index (χ3n) is 2.45. The predicted octanol–water partition coefficient (Wildman–Crippen LogP) is 0.342. The van der Waals surface area contributed by atoms with Crippen LogP contribution in [-0.4, -0.2) is 18.6 Å². The van der Waals surface area contributed by atoms with Crippen molar-refractivity contribution in [1.29, 1.82) is 5.26 Å². The average Bonchev–Trinajstić information content (AvgIpc) is 2.89. The van der Waals surface area contributed by atoms with Crippen LogP contribution in [0.4, 0.5) is 5.69 Å². The summed E-state index contributed by atoms with van der Waals surface area (Å²) in [4.78, 5) is -0.0463. The summed E-state index contributed by atoms with van der Waals surface area (Å²) in [6.07, 6.45) is 3.11. The summed E-state index contributed by atoms with van der Waals surface area (Å²) in [5, 5.41) is 15.0. The minimum absolute atomic E-state index is 0.0405. The van der Waals surface area contributed by atoms with Crippen molar-refractivity contribution >= 4 is 15.7 Å². The molecule has 0 fully saturated rings. The molecular weight excluding hydrogens is 266 g/mol. The number of nitrogens with zero attached hydrogens (tertiary/aromatic N) is 2. The third kappa shape index (κ3) is 2.90. The van der Waals surface area contributed by atoms with E-state index in [0.29, 0.717) is 11.1 Å². The highest BCUT2D eigenvalue weighted by molar-refractivity contribution is 7.89. The highest BCUT2D eigenvalue weighted by Gasteiger charge is 2.17. The van der Waals surface area contributed by atoms with Crippen LogP contribution in [0.3, 0.4) is 0 Å². The van der Waals surface area contributed by atoms with E-state index in [-0.39, 0.29) is 17.1 Å². The Kier molecular flexibility index (Phi) is 3.50. The van der Waals surface area contributed by atoms with E-state index in [4.69, 9.17) is 11.0 Å². The molecule has 7 nitrogen and oxygen atoms in total. The largest absolute Gasteiger partial charge is 0.398 e. The van der Waals surface area contributed by atoms with E-state index in [0.717, 1.165) is 0 Å². The number of H-pyrrole nitrogens is 1. The summed E-state index contributed by atoms with van der Waals surface area (Å²) in [6, 6.07) is 5.94. The molecular formula is C11H11N5O2S. The molecule has 0 bridgehead atoms. The lowest BCUT2D eigenvalue weighted by atomic mass is 10.2. The fraction of sp³-hybridized carbons (Fsp3) is 0.0909. The van der Waals surface area contributed by atoms with Gasteiger partial charge in [0.25, 0.3) is 0 Å². The van der Waals surface area contributed by atoms with E-state index in [2.05, 4.69) is 14.9 Å². The first-order chi connectivity index (χ1) is 9.03. The van der Waals surface area contributed by atoms with Gasteiger partial charge in [-0.15, -0.1) is 0 Å². The Morgan fingerprint density at radius 2 is 2.26 bits per heavy atom. The molecule has 4 N–H and O–H groups in total. The van der Waals surface area contributed by atoms with Crippen molar-refractivity contribution < 1.29 is 8.42 Å². The molecule has 19 heavy (non-hydrogen) atoms. The zero-order valence-electron chi connectivity index (χ0n) is 9.79. The third-order valence-corrected chi connectivity index (χ3v) is 3.92. The van der Waals surface area contributed by atoms with Gasteiger partial charge in [0.15, 0.2) is 0 Å². The number of benzene rings is 1. The number of sulfonamides is 1. The second kappa shape index (κ2) is 5.09. The van der Waals surface area contributed by atoms with E-state index in [9.17, 15) is 8.42 Å². The Morgan fingerprint density at radius 1 is 1.47 bits per heavy atom. The van der Waals surface area contributed by atoms with Crippen molar-refractivity contribution in [2.75, 3.05) is 5.73 Å². The van der Waals surface area contributed by atoms with Crippen molar-refractivity contribution in [2.45, 2.75) is 11.4 Å². The summed E-state index contributed by atoms with van der Waals surface area (Å²) in [6.45, 7) is 0.109. The Labute approximate surface area is 110 Å². The molecule has 0 saturated heterocycles. The Morgan fingerprint density at radius 3 is 2.84 bits per heavy atom. The molecule has 0 aliphatic rings. The second-order valence-corrected chi connectivity index (χ2v) is 5.53. The SMILES string of the molecule is N#Cc1ccc(S(=O)(=O)NCc2cn[nH]c2)c(N)c1. The first-order valence-corrected chi connectivity index (χ1v) is 6.78. The van der Waals surface area contributed by atoms with Crippen molar-refractivity contribution in [3.8, 4) is 6.07 Å². The first kappa shape index (κ1) is 13.1. The van der Waals surface area contributed by atoms with Gasteiger partial charge in [-0.05, 0) is 18.2 Å². The highest BCUT2D eigenvalue weighted by Crippen LogP contribution is 2.19. The van der Waals surface area contributed by atoms with Crippen LogP contribution in [0.1, 0.15) is 11.1 Å². The first-order valence-electron chi connectivity index (χ1n) is 5.30. The van der Waals surface area contributed by atoms with Crippen LogP contribution in [0, 0.1) is 11.3 Å². The lowest BCUT2D eigenvalue weighted by Gasteiger charge is -2.08. The van der Waals surface area contributed by atoms with E-state index < -0.39 is 10.0 Å². The molecule has 98 valence electrons. The maximum atomic E-state index is 12.0. The number of nitrogen functional groups attached to an aromatic ring is 1. The standard InChI is InChI=1S/C11H11N5O2S/c12-4-8-1-2-11(10(13)3-8)19(17,18)16-7-9-5-14-15-6-9/h1-3,5-6,16H,7,13H2,(H,14,15). The van der Waals surface area contributed by atoms with Crippen LogP contribution in [0.25, 0.3) is 0 Å². The predicted molar refractivity (Wildman–Crippen MR) is 68.2 cm³/mol. The summed E-state index contributed by atoms with van der Waals surface area (Å²) >= 11 is 0. The molecule has 0 aliphatic heterocycles. The summed E-state index contributed by atoms with van der Waals surface area (Å²) < 4.78 is 26.5. The van der Waals surface area contributed by atoms with E-state index in [1.54, 1.807) is 6.20 Å². The maximum absolute atomic E-state index is 12.0. The number of nitrogens with one attached hydrogen (secondary N) is 2. The normalized spacial score (nSPS) is 11.1.